The van der Waals surface area contributed by atoms with Crippen molar-refractivity contribution in [3.63, 3.8) is 0 Å². The summed E-state index contributed by atoms with van der Waals surface area (Å²) in [5, 5.41) is 30.1. The molecule has 0 aromatic carbocycles. The van der Waals surface area contributed by atoms with Crippen LogP contribution >= 0.6 is 0 Å². The monoisotopic (exact) mass is 205 g/mol. The summed E-state index contributed by atoms with van der Waals surface area (Å²) < 4.78 is 4.86. The molecule has 1 rings (SSSR count). The zero-order chi connectivity index (χ0) is 10.7. The Bertz CT molecular complexity index is 210. The lowest BCUT2D eigenvalue weighted by Crippen LogP contribution is -2.56. The molecular weight excluding hydrogens is 190 g/mol. The zero-order valence-electron chi connectivity index (χ0n) is 7.88. The topological polar surface area (TPSA) is 99.0 Å². The molecule has 0 bridgehead atoms. The predicted octanol–water partition coefficient (Wildman–Crippen LogP) is -2.05. The third kappa shape index (κ3) is 2.65. The molecule has 0 aromatic rings. The van der Waals surface area contributed by atoms with Gasteiger partial charge in [0.15, 0.2) is 6.29 Å². The molecular formula is C8H15NO5. The van der Waals surface area contributed by atoms with Crippen LogP contribution in [-0.4, -0.2) is 52.4 Å². The Morgan fingerprint density at radius 2 is 2.21 bits per heavy atom. The zero-order valence-corrected chi connectivity index (χ0v) is 7.88. The van der Waals surface area contributed by atoms with Gasteiger partial charge in [-0.25, -0.2) is 0 Å². The first-order valence-corrected chi connectivity index (χ1v) is 4.44. The maximum Gasteiger partial charge on any atom is 0.217 e. The number of carbonyl (C=O) groups is 1. The Balaban J connectivity index is 2.59. The molecule has 4 atom stereocenters. The van der Waals surface area contributed by atoms with Crippen LogP contribution in [0, 0.1) is 0 Å². The Kier molecular flexibility index (Phi) is 3.82. The Morgan fingerprint density at radius 1 is 1.57 bits per heavy atom. The first-order chi connectivity index (χ1) is 6.54. The van der Waals surface area contributed by atoms with E-state index in [1.807, 2.05) is 0 Å². The summed E-state index contributed by atoms with van der Waals surface area (Å²) >= 11 is 0. The largest absolute Gasteiger partial charge is 0.394 e. The number of carbonyl (C=O) groups excluding carboxylic acids is 1. The van der Waals surface area contributed by atoms with E-state index in [1.165, 1.54) is 6.92 Å². The smallest absolute Gasteiger partial charge is 0.217 e. The number of aliphatic hydroxyl groups is 3. The molecule has 1 aliphatic rings. The van der Waals surface area contributed by atoms with Crippen molar-refractivity contribution >= 4 is 5.91 Å². The minimum atomic E-state index is -1.06. The van der Waals surface area contributed by atoms with Crippen LogP contribution in [0.15, 0.2) is 0 Å². The fraction of sp³-hybridized carbons (Fsp3) is 0.875. The molecule has 6 heteroatoms. The lowest BCUT2D eigenvalue weighted by Gasteiger charge is -2.36. The van der Waals surface area contributed by atoms with Gasteiger partial charge < -0.3 is 25.4 Å². The van der Waals surface area contributed by atoms with E-state index < -0.39 is 31.1 Å². The van der Waals surface area contributed by atoms with Gasteiger partial charge in [0.2, 0.25) is 5.91 Å². The van der Waals surface area contributed by atoms with Gasteiger partial charge in [-0.15, -0.1) is 0 Å². The Labute approximate surface area is 81.5 Å². The van der Waals surface area contributed by atoms with E-state index in [4.69, 9.17) is 9.84 Å². The van der Waals surface area contributed by atoms with E-state index in [-0.39, 0.29) is 12.3 Å². The summed E-state index contributed by atoms with van der Waals surface area (Å²) in [5.41, 5.74) is 0. The molecule has 1 amide bonds. The second kappa shape index (κ2) is 4.70. The number of hydrogen-bond donors (Lipinski definition) is 4. The summed E-state index contributed by atoms with van der Waals surface area (Å²) in [4.78, 5) is 10.8. The molecule has 82 valence electrons. The summed E-state index contributed by atoms with van der Waals surface area (Å²) in [5.74, 6) is -0.292. The van der Waals surface area contributed by atoms with Crippen LogP contribution in [0.25, 0.3) is 0 Å². The minimum Gasteiger partial charge on any atom is -0.394 e. The number of aliphatic hydroxyl groups excluding tert-OH is 3. The van der Waals surface area contributed by atoms with Gasteiger partial charge in [-0.2, -0.15) is 0 Å². The number of amides is 1. The highest BCUT2D eigenvalue weighted by atomic mass is 16.6. The molecule has 14 heavy (non-hydrogen) atoms. The van der Waals surface area contributed by atoms with E-state index >= 15 is 0 Å². The number of rotatable bonds is 2. The molecule has 1 saturated heterocycles. The lowest BCUT2D eigenvalue weighted by atomic mass is 9.99. The molecule has 1 heterocycles. The van der Waals surface area contributed by atoms with Crippen LogP contribution in [0.2, 0.25) is 0 Å². The van der Waals surface area contributed by atoms with E-state index in [0.717, 1.165) is 0 Å². The van der Waals surface area contributed by atoms with E-state index in [1.54, 1.807) is 0 Å². The fourth-order valence-corrected chi connectivity index (χ4v) is 1.51. The maximum atomic E-state index is 10.8. The SMILES string of the molecule is CC(=O)N[C@H]1C[C@H](O)O[C@H](CO)[C@H]1O. The maximum absolute atomic E-state index is 10.8. The molecule has 0 aromatic heterocycles. The highest BCUT2D eigenvalue weighted by Gasteiger charge is 2.36. The average molecular weight is 205 g/mol. The van der Waals surface area contributed by atoms with Crippen LogP contribution < -0.4 is 5.32 Å². The quantitative estimate of drug-likeness (QED) is 0.416. The van der Waals surface area contributed by atoms with Crippen molar-refractivity contribution in [3.8, 4) is 0 Å². The van der Waals surface area contributed by atoms with Gasteiger partial charge in [0.25, 0.3) is 0 Å². The number of hydrogen-bond acceptors (Lipinski definition) is 5. The van der Waals surface area contributed by atoms with E-state index in [9.17, 15) is 15.0 Å². The molecule has 6 nitrogen and oxygen atoms in total. The predicted molar refractivity (Wildman–Crippen MR) is 46.2 cm³/mol. The second-order valence-corrected chi connectivity index (χ2v) is 3.35. The number of ether oxygens (including phenoxy) is 1. The first-order valence-electron chi connectivity index (χ1n) is 4.44. The van der Waals surface area contributed by atoms with Gasteiger partial charge in [0, 0.05) is 13.3 Å². The van der Waals surface area contributed by atoms with Gasteiger partial charge in [0.1, 0.15) is 12.2 Å². The van der Waals surface area contributed by atoms with Crippen molar-refractivity contribution in [1.82, 2.24) is 5.32 Å². The average Bonchev–Trinajstić information content (AvgIpc) is 2.09. The molecule has 0 unspecified atom stereocenters. The third-order valence-corrected chi connectivity index (χ3v) is 2.15. The lowest BCUT2D eigenvalue weighted by molar-refractivity contribution is -0.216. The molecule has 0 saturated carbocycles. The molecule has 0 aliphatic carbocycles. The van der Waals surface area contributed by atoms with E-state index in [2.05, 4.69) is 5.32 Å². The Hall–Kier alpha value is -0.690. The van der Waals surface area contributed by atoms with Crippen molar-refractivity contribution in [2.75, 3.05) is 6.61 Å². The molecule has 1 aliphatic heterocycles. The van der Waals surface area contributed by atoms with Crippen molar-refractivity contribution in [2.45, 2.75) is 37.9 Å². The normalized spacial score (nSPS) is 38.0. The molecule has 0 spiro atoms. The molecule has 1 fully saturated rings. The van der Waals surface area contributed by atoms with Gasteiger partial charge in [0.05, 0.1) is 12.6 Å². The van der Waals surface area contributed by atoms with Crippen LogP contribution in [0.3, 0.4) is 0 Å². The first kappa shape index (κ1) is 11.4. The van der Waals surface area contributed by atoms with Gasteiger partial charge in [-0.05, 0) is 0 Å². The summed E-state index contributed by atoms with van der Waals surface area (Å²) in [6, 6.07) is -0.576. The molecule has 4 N–H and O–H groups in total. The van der Waals surface area contributed by atoms with Crippen LogP contribution in [0.1, 0.15) is 13.3 Å². The highest BCUT2D eigenvalue weighted by molar-refractivity contribution is 5.73. The van der Waals surface area contributed by atoms with Gasteiger partial charge in [-0.1, -0.05) is 0 Å². The summed E-state index contributed by atoms with van der Waals surface area (Å²) in [7, 11) is 0. The highest BCUT2D eigenvalue weighted by Crippen LogP contribution is 2.18. The number of nitrogens with one attached hydrogen (secondary N) is 1. The fourth-order valence-electron chi connectivity index (χ4n) is 1.51. The van der Waals surface area contributed by atoms with Crippen LogP contribution in [-0.2, 0) is 9.53 Å². The van der Waals surface area contributed by atoms with Crippen molar-refractivity contribution in [3.05, 3.63) is 0 Å². The van der Waals surface area contributed by atoms with Gasteiger partial charge >= 0.3 is 0 Å². The van der Waals surface area contributed by atoms with Crippen molar-refractivity contribution in [2.24, 2.45) is 0 Å². The second-order valence-electron chi connectivity index (χ2n) is 3.35. The van der Waals surface area contributed by atoms with Crippen LogP contribution in [0.5, 0.6) is 0 Å². The standard InChI is InChI=1S/C8H15NO5/c1-4(11)9-5-2-7(12)14-6(3-10)8(5)13/h5-8,10,12-13H,2-3H2,1H3,(H,9,11)/t5-,6+,7+,8-/m0/s1. The summed E-state index contributed by atoms with van der Waals surface area (Å²) in [6.45, 7) is 0.927. The van der Waals surface area contributed by atoms with Gasteiger partial charge in [-0.3, -0.25) is 4.79 Å². The third-order valence-electron chi connectivity index (χ3n) is 2.15. The van der Waals surface area contributed by atoms with Crippen molar-refractivity contribution in [1.29, 1.82) is 0 Å². The van der Waals surface area contributed by atoms with Crippen LogP contribution in [0.4, 0.5) is 0 Å². The Morgan fingerprint density at radius 3 is 2.71 bits per heavy atom. The summed E-state index contributed by atoms with van der Waals surface area (Å²) in [6.07, 6.45) is -2.78. The minimum absolute atomic E-state index is 0.122. The van der Waals surface area contributed by atoms with E-state index in [0.29, 0.717) is 0 Å². The van der Waals surface area contributed by atoms with Crippen molar-refractivity contribution < 1.29 is 24.9 Å². The molecule has 0 radical (unpaired) electrons.